The van der Waals surface area contributed by atoms with E-state index in [0.29, 0.717) is 13.1 Å². The van der Waals surface area contributed by atoms with Gasteiger partial charge in [0, 0.05) is 60.6 Å². The van der Waals surface area contributed by atoms with E-state index in [9.17, 15) is 9.18 Å². The first-order valence-corrected chi connectivity index (χ1v) is 8.52. The third-order valence-corrected chi connectivity index (χ3v) is 4.65. The van der Waals surface area contributed by atoms with Gasteiger partial charge in [-0.15, -0.1) is 0 Å². The molecule has 132 valence electrons. The molecule has 5 nitrogen and oxygen atoms in total. The van der Waals surface area contributed by atoms with Gasteiger partial charge in [0.15, 0.2) is 0 Å². The van der Waals surface area contributed by atoms with Gasteiger partial charge in [-0.1, -0.05) is 6.08 Å². The summed E-state index contributed by atoms with van der Waals surface area (Å²) in [5, 5.41) is 5.09. The number of aromatic amines is 1. The van der Waals surface area contributed by atoms with E-state index in [0.717, 1.165) is 28.5 Å². The highest BCUT2D eigenvalue weighted by atomic mass is 19.1. The average Bonchev–Trinajstić information content (AvgIpc) is 3.25. The van der Waals surface area contributed by atoms with Crippen LogP contribution in [0.5, 0.6) is 0 Å². The number of rotatable bonds is 3. The second kappa shape index (κ2) is 6.63. The Bertz CT molecular complexity index is 1030. The van der Waals surface area contributed by atoms with Crippen LogP contribution in [0.2, 0.25) is 0 Å². The lowest BCUT2D eigenvalue weighted by Gasteiger charge is -2.25. The number of aromatic nitrogens is 3. The number of H-pyrrole nitrogens is 1. The van der Waals surface area contributed by atoms with Crippen LogP contribution in [0.4, 0.5) is 4.39 Å². The van der Waals surface area contributed by atoms with Gasteiger partial charge in [0.2, 0.25) is 5.91 Å². The molecule has 3 heterocycles. The molecule has 1 aliphatic rings. The molecule has 0 unspecified atom stereocenters. The topological polar surface area (TPSA) is 53.9 Å². The molecule has 3 aromatic rings. The van der Waals surface area contributed by atoms with Gasteiger partial charge in [0.25, 0.3) is 0 Å². The zero-order valence-electron chi connectivity index (χ0n) is 14.4. The highest BCUT2D eigenvalue weighted by Gasteiger charge is 2.18. The van der Waals surface area contributed by atoms with Crippen LogP contribution in [0.25, 0.3) is 22.6 Å². The fraction of sp³-hybridized carbons (Fsp3) is 0.200. The molecule has 0 aliphatic carbocycles. The maximum Gasteiger partial charge on any atom is 0.246 e. The van der Waals surface area contributed by atoms with Crippen molar-refractivity contribution in [2.45, 2.75) is 6.42 Å². The van der Waals surface area contributed by atoms with E-state index in [1.165, 1.54) is 17.7 Å². The zero-order valence-corrected chi connectivity index (χ0v) is 14.4. The number of halogens is 1. The quantitative estimate of drug-likeness (QED) is 0.737. The first-order valence-electron chi connectivity index (χ1n) is 8.52. The average molecular weight is 350 g/mol. The van der Waals surface area contributed by atoms with E-state index in [1.54, 1.807) is 29.1 Å². The summed E-state index contributed by atoms with van der Waals surface area (Å²) < 4.78 is 15.0. The summed E-state index contributed by atoms with van der Waals surface area (Å²) in [6, 6.07) is 4.77. The van der Waals surface area contributed by atoms with Crippen molar-refractivity contribution in [3.8, 4) is 0 Å². The van der Waals surface area contributed by atoms with Crippen LogP contribution in [-0.2, 0) is 11.8 Å². The minimum absolute atomic E-state index is 0.00912. The van der Waals surface area contributed by atoms with E-state index in [1.807, 2.05) is 24.3 Å². The van der Waals surface area contributed by atoms with Crippen LogP contribution in [0, 0.1) is 5.82 Å². The van der Waals surface area contributed by atoms with Gasteiger partial charge >= 0.3 is 0 Å². The molecular formula is C20H19FN4O. The fourth-order valence-corrected chi connectivity index (χ4v) is 3.28. The maximum atomic E-state index is 13.3. The highest BCUT2D eigenvalue weighted by molar-refractivity contribution is 5.95. The van der Waals surface area contributed by atoms with Gasteiger partial charge in [-0.05, 0) is 36.3 Å². The lowest BCUT2D eigenvalue weighted by Crippen LogP contribution is -2.33. The molecular weight excluding hydrogens is 331 g/mol. The molecule has 0 radical (unpaired) electrons. The summed E-state index contributed by atoms with van der Waals surface area (Å²) in [4.78, 5) is 17.3. The van der Waals surface area contributed by atoms with E-state index in [4.69, 9.17) is 0 Å². The fourth-order valence-electron chi connectivity index (χ4n) is 3.28. The number of nitrogens with zero attached hydrogens (tertiary/aromatic N) is 3. The molecule has 1 aliphatic heterocycles. The molecule has 0 saturated carbocycles. The largest absolute Gasteiger partial charge is 0.360 e. The summed E-state index contributed by atoms with van der Waals surface area (Å²) in [5.41, 5.74) is 3.96. The number of hydrogen-bond acceptors (Lipinski definition) is 2. The smallest absolute Gasteiger partial charge is 0.246 e. The standard InChI is InChI=1S/C20H19FN4O/c1-24-13-14(11-23-24)2-5-20(26)25-8-6-15(7-9-25)18-12-22-19-10-16(21)3-4-17(18)19/h2-6,10-13,22H,7-9H2,1H3/b5-2+. The number of carbonyl (C=O) groups is 1. The molecule has 1 aromatic carbocycles. The Hall–Kier alpha value is -3.15. The predicted octanol–water partition coefficient (Wildman–Crippen LogP) is 3.37. The van der Waals surface area contributed by atoms with E-state index in [2.05, 4.69) is 16.2 Å². The number of benzene rings is 1. The second-order valence-corrected chi connectivity index (χ2v) is 6.44. The Balaban J connectivity index is 1.47. The Morgan fingerprint density at radius 3 is 3.00 bits per heavy atom. The molecule has 2 aromatic heterocycles. The van der Waals surface area contributed by atoms with Crippen molar-refractivity contribution < 1.29 is 9.18 Å². The van der Waals surface area contributed by atoms with Gasteiger partial charge in [0.1, 0.15) is 5.82 Å². The molecule has 26 heavy (non-hydrogen) atoms. The first-order chi connectivity index (χ1) is 12.6. The van der Waals surface area contributed by atoms with Crippen molar-refractivity contribution in [1.29, 1.82) is 0 Å². The van der Waals surface area contributed by atoms with Gasteiger partial charge in [-0.25, -0.2) is 4.39 Å². The monoisotopic (exact) mass is 350 g/mol. The first kappa shape index (κ1) is 16.3. The van der Waals surface area contributed by atoms with Crippen LogP contribution in [-0.4, -0.2) is 38.7 Å². The summed E-state index contributed by atoms with van der Waals surface area (Å²) in [7, 11) is 1.84. The molecule has 0 fully saturated rings. The lowest BCUT2D eigenvalue weighted by atomic mass is 9.99. The van der Waals surface area contributed by atoms with Crippen LogP contribution in [0.3, 0.4) is 0 Å². The molecule has 0 bridgehead atoms. The lowest BCUT2D eigenvalue weighted by molar-refractivity contribution is -0.125. The van der Waals surface area contributed by atoms with Crippen molar-refractivity contribution in [1.82, 2.24) is 19.7 Å². The minimum Gasteiger partial charge on any atom is -0.360 e. The van der Waals surface area contributed by atoms with Crippen molar-refractivity contribution in [3.63, 3.8) is 0 Å². The van der Waals surface area contributed by atoms with Gasteiger partial charge in [-0.3, -0.25) is 9.48 Å². The second-order valence-electron chi connectivity index (χ2n) is 6.44. The molecule has 1 amide bonds. The van der Waals surface area contributed by atoms with E-state index < -0.39 is 0 Å². The summed E-state index contributed by atoms with van der Waals surface area (Å²) in [6.45, 7) is 1.23. The van der Waals surface area contributed by atoms with Crippen molar-refractivity contribution in [3.05, 3.63) is 65.9 Å². The van der Waals surface area contributed by atoms with Crippen LogP contribution < -0.4 is 0 Å². The summed E-state index contributed by atoms with van der Waals surface area (Å²) in [5.74, 6) is -0.258. The number of carbonyl (C=O) groups excluding carboxylic acids is 1. The molecule has 0 atom stereocenters. The van der Waals surface area contributed by atoms with Gasteiger partial charge in [0.05, 0.1) is 6.20 Å². The Morgan fingerprint density at radius 2 is 2.27 bits per heavy atom. The molecule has 4 rings (SSSR count). The Labute approximate surface area is 150 Å². The Kier molecular flexibility index (Phi) is 4.16. The molecule has 0 spiro atoms. The number of aryl methyl sites for hydroxylation is 1. The number of hydrogen-bond donors (Lipinski definition) is 1. The van der Waals surface area contributed by atoms with Crippen molar-refractivity contribution in [2.24, 2.45) is 7.05 Å². The third kappa shape index (κ3) is 3.18. The van der Waals surface area contributed by atoms with E-state index >= 15 is 0 Å². The van der Waals surface area contributed by atoms with Crippen LogP contribution >= 0.6 is 0 Å². The number of nitrogens with one attached hydrogen (secondary N) is 1. The zero-order chi connectivity index (χ0) is 18.1. The van der Waals surface area contributed by atoms with Gasteiger partial charge < -0.3 is 9.88 Å². The third-order valence-electron chi connectivity index (χ3n) is 4.65. The van der Waals surface area contributed by atoms with Gasteiger partial charge in [-0.2, -0.15) is 5.10 Å². The molecule has 0 saturated heterocycles. The minimum atomic E-state index is -0.249. The summed E-state index contributed by atoms with van der Waals surface area (Å²) >= 11 is 0. The van der Waals surface area contributed by atoms with Crippen LogP contribution in [0.15, 0.2) is 48.9 Å². The molecule has 1 N–H and O–H groups in total. The summed E-state index contributed by atoms with van der Waals surface area (Å²) in [6.07, 6.45) is 11.7. The highest BCUT2D eigenvalue weighted by Crippen LogP contribution is 2.29. The number of amides is 1. The number of fused-ring (bicyclic) bond motifs is 1. The maximum absolute atomic E-state index is 13.3. The molecule has 6 heteroatoms. The predicted molar refractivity (Wildman–Crippen MR) is 99.7 cm³/mol. The van der Waals surface area contributed by atoms with Crippen molar-refractivity contribution in [2.75, 3.05) is 13.1 Å². The van der Waals surface area contributed by atoms with Crippen molar-refractivity contribution >= 4 is 28.5 Å². The Morgan fingerprint density at radius 1 is 1.38 bits per heavy atom. The SMILES string of the molecule is Cn1cc(/C=C/C(=O)N2CC=C(c3c[nH]c4cc(F)ccc34)CC2)cn1. The van der Waals surface area contributed by atoms with Crippen LogP contribution in [0.1, 0.15) is 17.5 Å². The van der Waals surface area contributed by atoms with E-state index in [-0.39, 0.29) is 11.7 Å². The normalized spacial score (nSPS) is 15.0.